The van der Waals surface area contributed by atoms with E-state index in [0.29, 0.717) is 5.75 Å². The third-order valence-electron chi connectivity index (χ3n) is 2.43. The summed E-state index contributed by atoms with van der Waals surface area (Å²) in [5, 5.41) is 12.4. The third-order valence-corrected chi connectivity index (χ3v) is 2.43. The lowest BCUT2D eigenvalue weighted by atomic mass is 10.0. The van der Waals surface area contributed by atoms with E-state index in [4.69, 9.17) is 0 Å². The van der Waals surface area contributed by atoms with Crippen LogP contribution in [-0.2, 0) is 4.79 Å². The Labute approximate surface area is 90.1 Å². The average Bonchev–Trinajstić information content (AvgIpc) is 2.12. The fourth-order valence-electron chi connectivity index (χ4n) is 1.63. The number of phenols is 1. The van der Waals surface area contributed by atoms with E-state index in [1.807, 2.05) is 32.9 Å². The van der Waals surface area contributed by atoms with Crippen molar-refractivity contribution in [1.82, 2.24) is 5.32 Å². The van der Waals surface area contributed by atoms with Gasteiger partial charge in [0.05, 0.1) is 6.04 Å². The quantitative estimate of drug-likeness (QED) is 0.781. The summed E-state index contributed by atoms with van der Waals surface area (Å²) in [6.07, 6.45) is 0. The highest BCUT2D eigenvalue weighted by Crippen LogP contribution is 2.25. The summed E-state index contributed by atoms with van der Waals surface area (Å²) >= 11 is 0. The van der Waals surface area contributed by atoms with Gasteiger partial charge in [0, 0.05) is 6.92 Å². The van der Waals surface area contributed by atoms with E-state index in [1.165, 1.54) is 6.92 Å². The van der Waals surface area contributed by atoms with Gasteiger partial charge in [-0.25, -0.2) is 0 Å². The lowest BCUT2D eigenvalue weighted by Crippen LogP contribution is -2.23. The number of carbonyl (C=O) groups excluding carboxylic acids is 1. The molecule has 0 saturated carbocycles. The number of hydrogen-bond acceptors (Lipinski definition) is 2. The minimum Gasteiger partial charge on any atom is -0.507 e. The zero-order valence-corrected chi connectivity index (χ0v) is 9.59. The Morgan fingerprint density at radius 1 is 1.33 bits per heavy atom. The predicted octanol–water partition coefficient (Wildman–Crippen LogP) is 2.21. The summed E-state index contributed by atoms with van der Waals surface area (Å²) in [5.41, 5.74) is 2.68. The van der Waals surface area contributed by atoms with Gasteiger partial charge >= 0.3 is 0 Å². The molecular formula is C12H17NO2. The molecule has 15 heavy (non-hydrogen) atoms. The lowest BCUT2D eigenvalue weighted by Gasteiger charge is -2.15. The van der Waals surface area contributed by atoms with Crippen molar-refractivity contribution < 1.29 is 9.90 Å². The molecule has 0 aliphatic rings. The first-order valence-corrected chi connectivity index (χ1v) is 4.99. The van der Waals surface area contributed by atoms with Crippen LogP contribution in [0.2, 0.25) is 0 Å². The van der Waals surface area contributed by atoms with Gasteiger partial charge in [-0.15, -0.1) is 0 Å². The number of amides is 1. The second kappa shape index (κ2) is 4.34. The van der Waals surface area contributed by atoms with Crippen LogP contribution >= 0.6 is 0 Å². The van der Waals surface area contributed by atoms with Gasteiger partial charge in [-0.2, -0.15) is 0 Å². The van der Waals surface area contributed by atoms with Crippen LogP contribution < -0.4 is 5.32 Å². The van der Waals surface area contributed by atoms with E-state index in [2.05, 4.69) is 5.32 Å². The molecule has 1 atom stereocenters. The second-order valence-electron chi connectivity index (χ2n) is 3.93. The van der Waals surface area contributed by atoms with Crippen molar-refractivity contribution >= 4 is 5.91 Å². The average molecular weight is 207 g/mol. The lowest BCUT2D eigenvalue weighted by molar-refractivity contribution is -0.119. The Balaban J connectivity index is 3.00. The molecule has 1 unspecified atom stereocenters. The zero-order chi connectivity index (χ0) is 11.6. The molecule has 2 N–H and O–H groups in total. The number of benzene rings is 1. The minimum atomic E-state index is -0.0501. The standard InChI is InChI=1S/C12H17NO2/c1-7-5-11(6-8(2)12(7)15)9(3)13-10(4)14/h5-6,9,15H,1-4H3,(H,13,14). The molecule has 0 heterocycles. The van der Waals surface area contributed by atoms with Crippen molar-refractivity contribution in [2.24, 2.45) is 0 Å². The molecule has 3 heteroatoms. The highest BCUT2D eigenvalue weighted by Gasteiger charge is 2.10. The molecule has 0 aliphatic carbocycles. The van der Waals surface area contributed by atoms with Gasteiger partial charge in [-0.05, 0) is 37.5 Å². The first kappa shape index (κ1) is 11.6. The first-order valence-electron chi connectivity index (χ1n) is 4.99. The molecule has 0 bridgehead atoms. The van der Waals surface area contributed by atoms with Gasteiger partial charge in [0.1, 0.15) is 5.75 Å². The third kappa shape index (κ3) is 2.72. The molecule has 82 valence electrons. The van der Waals surface area contributed by atoms with Gasteiger partial charge in [0.25, 0.3) is 0 Å². The van der Waals surface area contributed by atoms with Crippen molar-refractivity contribution in [3.05, 3.63) is 28.8 Å². The maximum atomic E-state index is 10.9. The topological polar surface area (TPSA) is 49.3 Å². The largest absolute Gasteiger partial charge is 0.507 e. The van der Waals surface area contributed by atoms with Crippen LogP contribution in [0.15, 0.2) is 12.1 Å². The van der Waals surface area contributed by atoms with Crippen LogP contribution in [0.5, 0.6) is 5.75 Å². The molecular weight excluding hydrogens is 190 g/mol. The highest BCUT2D eigenvalue weighted by atomic mass is 16.3. The smallest absolute Gasteiger partial charge is 0.217 e. The van der Waals surface area contributed by atoms with Crippen molar-refractivity contribution in [2.45, 2.75) is 33.7 Å². The summed E-state index contributed by atoms with van der Waals surface area (Å²) in [5.74, 6) is 0.277. The molecule has 0 aromatic heterocycles. The van der Waals surface area contributed by atoms with E-state index in [-0.39, 0.29) is 11.9 Å². The number of aryl methyl sites for hydroxylation is 2. The molecule has 0 spiro atoms. The fourth-order valence-corrected chi connectivity index (χ4v) is 1.63. The normalized spacial score (nSPS) is 12.3. The number of phenolic OH excluding ortho intramolecular Hbond substituents is 1. The summed E-state index contributed by atoms with van der Waals surface area (Å²) in [6.45, 7) is 7.13. The van der Waals surface area contributed by atoms with Crippen molar-refractivity contribution in [1.29, 1.82) is 0 Å². The van der Waals surface area contributed by atoms with Gasteiger partial charge in [0.15, 0.2) is 0 Å². The van der Waals surface area contributed by atoms with Gasteiger partial charge in [-0.3, -0.25) is 4.79 Å². The van der Waals surface area contributed by atoms with Crippen LogP contribution in [0.1, 0.15) is 36.6 Å². The summed E-state index contributed by atoms with van der Waals surface area (Å²) < 4.78 is 0. The fraction of sp³-hybridized carbons (Fsp3) is 0.417. The summed E-state index contributed by atoms with van der Waals surface area (Å²) in [7, 11) is 0. The molecule has 1 aromatic rings. The summed E-state index contributed by atoms with van der Waals surface area (Å²) in [6, 6.07) is 3.76. The molecule has 1 amide bonds. The van der Waals surface area contributed by atoms with Gasteiger partial charge in [-0.1, -0.05) is 12.1 Å². The van der Waals surface area contributed by atoms with E-state index in [1.54, 1.807) is 0 Å². The monoisotopic (exact) mass is 207 g/mol. The number of hydrogen-bond donors (Lipinski definition) is 2. The number of carbonyl (C=O) groups is 1. The molecule has 3 nitrogen and oxygen atoms in total. The zero-order valence-electron chi connectivity index (χ0n) is 9.59. The molecule has 0 radical (unpaired) electrons. The van der Waals surface area contributed by atoms with Crippen LogP contribution in [-0.4, -0.2) is 11.0 Å². The second-order valence-corrected chi connectivity index (χ2v) is 3.93. The van der Waals surface area contributed by atoms with Crippen LogP contribution in [0.4, 0.5) is 0 Å². The van der Waals surface area contributed by atoms with E-state index >= 15 is 0 Å². The van der Waals surface area contributed by atoms with Crippen molar-refractivity contribution in [3.8, 4) is 5.75 Å². The molecule has 1 aromatic carbocycles. The Morgan fingerprint density at radius 3 is 2.20 bits per heavy atom. The predicted molar refractivity (Wildman–Crippen MR) is 59.8 cm³/mol. The van der Waals surface area contributed by atoms with Crippen LogP contribution in [0, 0.1) is 13.8 Å². The SMILES string of the molecule is CC(=O)NC(C)c1cc(C)c(O)c(C)c1. The maximum Gasteiger partial charge on any atom is 0.217 e. The van der Waals surface area contributed by atoms with E-state index < -0.39 is 0 Å². The number of aromatic hydroxyl groups is 1. The maximum absolute atomic E-state index is 10.9. The Bertz CT molecular complexity index is 362. The van der Waals surface area contributed by atoms with E-state index in [0.717, 1.165) is 16.7 Å². The van der Waals surface area contributed by atoms with Crippen molar-refractivity contribution in [3.63, 3.8) is 0 Å². The minimum absolute atomic E-state index is 0.0273. The van der Waals surface area contributed by atoms with E-state index in [9.17, 15) is 9.90 Å². The molecule has 0 fully saturated rings. The molecule has 0 aliphatic heterocycles. The number of nitrogens with one attached hydrogen (secondary N) is 1. The summed E-state index contributed by atoms with van der Waals surface area (Å²) in [4.78, 5) is 10.9. The van der Waals surface area contributed by atoms with Crippen LogP contribution in [0.3, 0.4) is 0 Å². The Morgan fingerprint density at radius 2 is 1.80 bits per heavy atom. The van der Waals surface area contributed by atoms with Crippen LogP contribution in [0.25, 0.3) is 0 Å². The molecule has 0 saturated heterocycles. The van der Waals surface area contributed by atoms with Gasteiger partial charge < -0.3 is 10.4 Å². The highest BCUT2D eigenvalue weighted by molar-refractivity contribution is 5.73. The molecule has 1 rings (SSSR count). The Hall–Kier alpha value is -1.51. The first-order chi connectivity index (χ1) is 6.91. The van der Waals surface area contributed by atoms with Gasteiger partial charge in [0.2, 0.25) is 5.91 Å². The Kier molecular flexibility index (Phi) is 3.35. The number of rotatable bonds is 2. The van der Waals surface area contributed by atoms with Crippen molar-refractivity contribution in [2.75, 3.05) is 0 Å².